The van der Waals surface area contributed by atoms with E-state index in [1.54, 1.807) is 0 Å². The Balaban J connectivity index is 0.000000677. The van der Waals surface area contributed by atoms with E-state index >= 15 is 0 Å². The molecular weight excluding hydrogens is 272 g/mol. The molecule has 0 aromatic heterocycles. The molecule has 2 aliphatic rings. The number of amides is 1. The Labute approximate surface area is 125 Å². The Morgan fingerprint density at radius 2 is 2.05 bits per heavy atom. The van der Waals surface area contributed by atoms with Crippen molar-refractivity contribution in [3.63, 3.8) is 0 Å². The van der Waals surface area contributed by atoms with E-state index in [9.17, 15) is 9.90 Å². The Morgan fingerprint density at radius 1 is 1.43 bits per heavy atom. The normalized spacial score (nSPS) is 24.0. The molecule has 0 aromatic carbocycles. The van der Waals surface area contributed by atoms with Crippen LogP contribution in [0, 0.1) is 0 Å². The van der Waals surface area contributed by atoms with Crippen molar-refractivity contribution in [3.05, 3.63) is 12.2 Å². The van der Waals surface area contributed by atoms with Crippen molar-refractivity contribution in [1.82, 2.24) is 10.2 Å². The van der Waals surface area contributed by atoms with Crippen LogP contribution in [0.2, 0.25) is 0 Å². The minimum Gasteiger partial charge on any atom is -0.483 e. The molecule has 6 heteroatoms. The maximum absolute atomic E-state index is 12.1. The first kappa shape index (κ1) is 17.7. The molecule has 1 heterocycles. The number of carbonyl (C=O) groups is 2. The Morgan fingerprint density at radius 3 is 2.57 bits per heavy atom. The fourth-order valence-corrected chi connectivity index (χ4v) is 2.93. The van der Waals surface area contributed by atoms with E-state index < -0.39 is 5.54 Å². The molecule has 1 atom stereocenters. The van der Waals surface area contributed by atoms with Gasteiger partial charge in [-0.05, 0) is 39.3 Å². The van der Waals surface area contributed by atoms with Crippen LogP contribution in [0.15, 0.2) is 12.2 Å². The highest BCUT2D eigenvalue weighted by atomic mass is 16.3. The van der Waals surface area contributed by atoms with Crippen molar-refractivity contribution < 1.29 is 19.8 Å². The second-order valence-corrected chi connectivity index (χ2v) is 5.81. The number of hydrogen-bond donors (Lipinski definition) is 3. The summed E-state index contributed by atoms with van der Waals surface area (Å²) in [5.74, 6) is 0.0755. The molecule has 1 fully saturated rings. The maximum atomic E-state index is 12.1. The molecule has 1 amide bonds. The number of aliphatic hydroxyl groups is 1. The van der Waals surface area contributed by atoms with Gasteiger partial charge in [0.25, 0.3) is 6.47 Å². The topological polar surface area (TPSA) is 89.9 Å². The van der Waals surface area contributed by atoms with Gasteiger partial charge in [-0.25, -0.2) is 0 Å². The first-order chi connectivity index (χ1) is 10.1. The van der Waals surface area contributed by atoms with Gasteiger partial charge in [0.15, 0.2) is 0 Å². The molecule has 1 unspecified atom stereocenters. The van der Waals surface area contributed by atoms with Crippen molar-refractivity contribution >= 4 is 12.4 Å². The van der Waals surface area contributed by atoms with Gasteiger partial charge < -0.3 is 20.4 Å². The number of carbonyl (C=O) groups excluding carboxylic acids is 1. The van der Waals surface area contributed by atoms with E-state index in [1.807, 2.05) is 12.2 Å². The molecular formula is C15H26N2O4. The van der Waals surface area contributed by atoms with Crippen LogP contribution >= 0.6 is 0 Å². The fraction of sp³-hybridized carbons (Fsp3) is 0.733. The van der Waals surface area contributed by atoms with E-state index in [-0.39, 0.29) is 19.0 Å². The number of likely N-dealkylation sites (tertiary alicyclic amines) is 1. The SMILES string of the molecule is CN1CCCCC1CC(=O)NC1(CO)CC=CC1.O=CO. The van der Waals surface area contributed by atoms with Crippen molar-refractivity contribution in [2.24, 2.45) is 0 Å². The van der Waals surface area contributed by atoms with Gasteiger partial charge in [-0.3, -0.25) is 9.59 Å². The summed E-state index contributed by atoms with van der Waals surface area (Å²) in [4.78, 5) is 22.7. The first-order valence-electron chi connectivity index (χ1n) is 7.42. The second kappa shape index (κ2) is 8.79. The number of nitrogens with one attached hydrogen (secondary N) is 1. The summed E-state index contributed by atoms with van der Waals surface area (Å²) in [7, 11) is 2.09. The first-order valence-corrected chi connectivity index (χ1v) is 7.42. The van der Waals surface area contributed by atoms with Crippen LogP contribution in [0.25, 0.3) is 0 Å². The molecule has 1 saturated heterocycles. The van der Waals surface area contributed by atoms with Crippen molar-refractivity contribution in [2.45, 2.75) is 50.1 Å². The zero-order valence-corrected chi connectivity index (χ0v) is 12.6. The zero-order chi connectivity index (χ0) is 15.7. The van der Waals surface area contributed by atoms with Gasteiger partial charge in [-0.1, -0.05) is 18.6 Å². The van der Waals surface area contributed by atoms with Gasteiger partial charge >= 0.3 is 0 Å². The van der Waals surface area contributed by atoms with Crippen LogP contribution in [0.1, 0.15) is 38.5 Å². The van der Waals surface area contributed by atoms with Crippen LogP contribution in [-0.2, 0) is 9.59 Å². The predicted molar refractivity (Wildman–Crippen MR) is 79.9 cm³/mol. The Bertz CT molecular complexity index is 363. The number of piperidine rings is 1. The third-order valence-electron chi connectivity index (χ3n) is 4.23. The van der Waals surface area contributed by atoms with E-state index in [0.29, 0.717) is 12.5 Å². The van der Waals surface area contributed by atoms with Crippen molar-refractivity contribution in [1.29, 1.82) is 0 Å². The van der Waals surface area contributed by atoms with E-state index in [4.69, 9.17) is 9.90 Å². The lowest BCUT2D eigenvalue weighted by Crippen LogP contribution is -2.51. The standard InChI is InChI=1S/C14H24N2O2.CH2O2/c1-16-9-5-2-6-12(16)10-13(18)15-14(11-17)7-3-4-8-14;2-1-3/h3-4,12,17H,2,5-11H2,1H3,(H,15,18);1H,(H,2,3). The molecule has 0 radical (unpaired) electrons. The highest BCUT2D eigenvalue weighted by molar-refractivity contribution is 5.77. The minimum atomic E-state index is -0.426. The summed E-state index contributed by atoms with van der Waals surface area (Å²) in [6.07, 6.45) is 9.67. The van der Waals surface area contributed by atoms with Gasteiger partial charge in [0.2, 0.25) is 5.91 Å². The molecule has 6 nitrogen and oxygen atoms in total. The third kappa shape index (κ3) is 5.47. The van der Waals surface area contributed by atoms with Gasteiger partial charge in [-0.2, -0.15) is 0 Å². The van der Waals surface area contributed by atoms with Crippen LogP contribution < -0.4 is 5.32 Å². The molecule has 21 heavy (non-hydrogen) atoms. The van der Waals surface area contributed by atoms with Crippen LogP contribution in [0.3, 0.4) is 0 Å². The molecule has 1 aliphatic carbocycles. The highest BCUT2D eigenvalue weighted by Gasteiger charge is 2.33. The van der Waals surface area contributed by atoms with E-state index in [1.165, 1.54) is 12.8 Å². The fourth-order valence-electron chi connectivity index (χ4n) is 2.93. The summed E-state index contributed by atoms with van der Waals surface area (Å²) in [6.45, 7) is 0.858. The smallest absolute Gasteiger partial charge is 0.290 e. The molecule has 0 bridgehead atoms. The molecule has 1 aliphatic heterocycles. The maximum Gasteiger partial charge on any atom is 0.290 e. The average Bonchev–Trinajstić information content (AvgIpc) is 2.91. The van der Waals surface area contributed by atoms with Crippen LogP contribution in [0.4, 0.5) is 0 Å². The molecule has 0 saturated carbocycles. The lowest BCUT2D eigenvalue weighted by Gasteiger charge is -2.34. The summed E-state index contributed by atoms with van der Waals surface area (Å²) in [5.41, 5.74) is -0.426. The monoisotopic (exact) mass is 298 g/mol. The number of rotatable bonds is 4. The average molecular weight is 298 g/mol. The number of carboxylic acid groups (broad SMARTS) is 1. The van der Waals surface area contributed by atoms with E-state index in [2.05, 4.69) is 17.3 Å². The van der Waals surface area contributed by atoms with Gasteiger partial charge in [0.05, 0.1) is 12.1 Å². The molecule has 120 valence electrons. The van der Waals surface area contributed by atoms with Crippen molar-refractivity contribution in [3.8, 4) is 0 Å². The summed E-state index contributed by atoms with van der Waals surface area (Å²) < 4.78 is 0. The number of nitrogens with zero attached hydrogens (tertiary/aromatic N) is 1. The highest BCUT2D eigenvalue weighted by Crippen LogP contribution is 2.24. The molecule has 0 spiro atoms. The van der Waals surface area contributed by atoms with Gasteiger partial charge in [0, 0.05) is 12.5 Å². The van der Waals surface area contributed by atoms with Gasteiger partial charge in [0.1, 0.15) is 0 Å². The summed E-state index contributed by atoms with van der Waals surface area (Å²) >= 11 is 0. The summed E-state index contributed by atoms with van der Waals surface area (Å²) in [6, 6.07) is 0.365. The van der Waals surface area contributed by atoms with Crippen LogP contribution in [-0.4, -0.2) is 59.3 Å². The zero-order valence-electron chi connectivity index (χ0n) is 12.6. The minimum absolute atomic E-state index is 0.0201. The number of aliphatic hydroxyl groups excluding tert-OH is 1. The van der Waals surface area contributed by atoms with Crippen LogP contribution in [0.5, 0.6) is 0 Å². The van der Waals surface area contributed by atoms with E-state index in [0.717, 1.165) is 25.8 Å². The molecule has 2 rings (SSSR count). The summed E-state index contributed by atoms with van der Waals surface area (Å²) in [5, 5.41) is 19.4. The molecule has 3 N–H and O–H groups in total. The quantitative estimate of drug-likeness (QED) is 0.526. The Kier molecular flexibility index (Phi) is 7.39. The lowest BCUT2D eigenvalue weighted by atomic mass is 9.95. The lowest BCUT2D eigenvalue weighted by molar-refractivity contribution is -0.125. The third-order valence-corrected chi connectivity index (χ3v) is 4.23. The molecule has 0 aromatic rings. The Hall–Kier alpha value is -1.40. The predicted octanol–water partition coefficient (Wildman–Crippen LogP) is 0.759. The largest absolute Gasteiger partial charge is 0.483 e. The number of hydrogen-bond acceptors (Lipinski definition) is 4. The second-order valence-electron chi connectivity index (χ2n) is 5.81. The van der Waals surface area contributed by atoms with Crippen molar-refractivity contribution in [2.75, 3.05) is 20.2 Å². The van der Waals surface area contributed by atoms with Gasteiger partial charge in [-0.15, -0.1) is 0 Å².